The first-order valence-electron chi connectivity index (χ1n) is 6.29. The molecule has 1 heterocycles. The monoisotopic (exact) mass is 262 g/mol. The van der Waals surface area contributed by atoms with Crippen molar-refractivity contribution in [3.8, 4) is 5.75 Å². The van der Waals surface area contributed by atoms with E-state index in [0.717, 1.165) is 11.3 Å². The molecule has 0 radical (unpaired) electrons. The zero-order valence-corrected chi connectivity index (χ0v) is 11.6. The number of hydrogen-bond acceptors (Lipinski definition) is 4. The van der Waals surface area contributed by atoms with Crippen LogP contribution < -0.4 is 4.74 Å². The van der Waals surface area contributed by atoms with E-state index in [-0.39, 0.29) is 17.9 Å². The van der Waals surface area contributed by atoms with Crippen molar-refractivity contribution in [3.05, 3.63) is 29.3 Å². The Hall–Kier alpha value is -1.84. The van der Waals surface area contributed by atoms with Gasteiger partial charge in [-0.3, -0.25) is 9.59 Å². The van der Waals surface area contributed by atoms with Crippen LogP contribution in [0, 0.1) is 0 Å². The van der Waals surface area contributed by atoms with E-state index in [0.29, 0.717) is 12.0 Å². The highest BCUT2D eigenvalue weighted by Gasteiger charge is 2.39. The third-order valence-corrected chi connectivity index (χ3v) is 3.32. The molecule has 0 aromatic heterocycles. The molecule has 1 aromatic rings. The number of benzene rings is 1. The molecule has 0 bridgehead atoms. The van der Waals surface area contributed by atoms with Gasteiger partial charge in [-0.05, 0) is 44.5 Å². The van der Waals surface area contributed by atoms with Crippen molar-refractivity contribution >= 4 is 11.8 Å². The van der Waals surface area contributed by atoms with Crippen molar-refractivity contribution in [1.82, 2.24) is 0 Å². The Bertz CT molecular complexity index is 531. The van der Waals surface area contributed by atoms with Gasteiger partial charge in [0.15, 0.2) is 5.78 Å². The van der Waals surface area contributed by atoms with E-state index in [9.17, 15) is 9.59 Å². The Morgan fingerprint density at radius 1 is 1.32 bits per heavy atom. The molecule has 0 N–H and O–H groups in total. The molecule has 0 amide bonds. The van der Waals surface area contributed by atoms with Crippen LogP contribution >= 0.6 is 0 Å². The molecule has 0 saturated heterocycles. The van der Waals surface area contributed by atoms with Crippen LogP contribution in [0.3, 0.4) is 0 Å². The van der Waals surface area contributed by atoms with E-state index >= 15 is 0 Å². The van der Waals surface area contributed by atoms with Gasteiger partial charge in [0.25, 0.3) is 0 Å². The molecule has 1 aliphatic heterocycles. The number of Topliss-reactive ketones (excluding diaryl/α,β-unsaturated/α-hetero) is 1. The highest BCUT2D eigenvalue weighted by atomic mass is 16.6. The van der Waals surface area contributed by atoms with Gasteiger partial charge in [-0.25, -0.2) is 0 Å². The molecule has 1 atom stereocenters. The third-order valence-electron chi connectivity index (χ3n) is 3.32. The number of carbonyl (C=O) groups is 2. The minimum absolute atomic E-state index is 0.0329. The first-order valence-corrected chi connectivity index (χ1v) is 6.29. The average Bonchev–Trinajstić information content (AvgIpc) is 2.70. The summed E-state index contributed by atoms with van der Waals surface area (Å²) in [4.78, 5) is 22.5. The Kier molecular flexibility index (Phi) is 3.35. The van der Waals surface area contributed by atoms with E-state index < -0.39 is 5.60 Å². The van der Waals surface area contributed by atoms with Gasteiger partial charge in [0.05, 0.1) is 0 Å². The Morgan fingerprint density at radius 2 is 2.00 bits per heavy atom. The maximum atomic E-state index is 11.4. The summed E-state index contributed by atoms with van der Waals surface area (Å²) >= 11 is 0. The second-order valence-corrected chi connectivity index (χ2v) is 5.39. The number of ketones is 1. The van der Waals surface area contributed by atoms with Crippen LogP contribution in [0.25, 0.3) is 0 Å². The number of ether oxygens (including phenoxy) is 2. The van der Waals surface area contributed by atoms with Crippen LogP contribution in [0.5, 0.6) is 5.75 Å². The largest absolute Gasteiger partial charge is 0.486 e. The van der Waals surface area contributed by atoms with Gasteiger partial charge in [0, 0.05) is 18.9 Å². The third kappa shape index (κ3) is 2.78. The summed E-state index contributed by atoms with van der Waals surface area (Å²) in [6, 6.07) is 5.40. The lowest BCUT2D eigenvalue weighted by Gasteiger charge is -2.30. The second kappa shape index (κ2) is 4.68. The number of carbonyl (C=O) groups excluding carboxylic acids is 2. The molecule has 0 saturated carbocycles. The van der Waals surface area contributed by atoms with Gasteiger partial charge in [-0.1, -0.05) is 0 Å². The molecule has 19 heavy (non-hydrogen) atoms. The van der Waals surface area contributed by atoms with Crippen LogP contribution in [0.2, 0.25) is 0 Å². The molecule has 102 valence electrons. The maximum absolute atomic E-state index is 11.4. The lowest BCUT2D eigenvalue weighted by molar-refractivity contribution is -0.161. The number of fused-ring (bicyclic) bond motifs is 1. The molecular weight excluding hydrogens is 244 g/mol. The Morgan fingerprint density at radius 3 is 2.58 bits per heavy atom. The predicted octanol–water partition coefficient (Wildman–Crippen LogP) is 2.53. The molecule has 0 aliphatic carbocycles. The second-order valence-electron chi connectivity index (χ2n) is 5.39. The Labute approximate surface area is 112 Å². The van der Waals surface area contributed by atoms with Crippen molar-refractivity contribution in [3.63, 3.8) is 0 Å². The minimum atomic E-state index is -0.693. The van der Waals surface area contributed by atoms with Crippen LogP contribution in [0.1, 0.15) is 43.6 Å². The first kappa shape index (κ1) is 13.6. The lowest BCUT2D eigenvalue weighted by atomic mass is 9.96. The topological polar surface area (TPSA) is 52.6 Å². The van der Waals surface area contributed by atoms with E-state index in [1.165, 1.54) is 13.8 Å². The van der Waals surface area contributed by atoms with Crippen molar-refractivity contribution in [2.24, 2.45) is 0 Å². The summed E-state index contributed by atoms with van der Waals surface area (Å²) in [5.74, 6) is 0.467. The van der Waals surface area contributed by atoms with Crippen molar-refractivity contribution in [2.45, 2.75) is 45.8 Å². The molecule has 4 nitrogen and oxygen atoms in total. The number of esters is 1. The van der Waals surface area contributed by atoms with Crippen molar-refractivity contribution in [2.75, 3.05) is 0 Å². The Balaban J connectivity index is 2.20. The zero-order chi connectivity index (χ0) is 14.2. The molecule has 0 spiro atoms. The molecule has 4 heteroatoms. The molecule has 0 unspecified atom stereocenters. The fourth-order valence-electron chi connectivity index (χ4n) is 2.29. The number of hydrogen-bond donors (Lipinski definition) is 0. The lowest BCUT2D eigenvalue weighted by Crippen LogP contribution is -2.43. The molecule has 2 rings (SSSR count). The van der Waals surface area contributed by atoms with Gasteiger partial charge in [0.1, 0.15) is 17.5 Å². The number of rotatable bonds is 3. The van der Waals surface area contributed by atoms with Crippen LogP contribution in [-0.4, -0.2) is 23.5 Å². The summed E-state index contributed by atoms with van der Waals surface area (Å²) in [6.07, 6.45) is 0.408. The van der Waals surface area contributed by atoms with E-state index in [2.05, 4.69) is 0 Å². The summed E-state index contributed by atoms with van der Waals surface area (Å²) < 4.78 is 11.1. The molecule has 0 fully saturated rings. The van der Waals surface area contributed by atoms with E-state index in [4.69, 9.17) is 9.47 Å². The standard InChI is InChI=1S/C15H18O4/c1-9(16)11-5-6-13-12(7-11)8-14(18-13)15(3,4)19-10(2)17/h5-7,14H,8H2,1-4H3/t14-/m1/s1. The van der Waals surface area contributed by atoms with Gasteiger partial charge in [-0.15, -0.1) is 0 Å². The highest BCUT2D eigenvalue weighted by Crippen LogP contribution is 2.35. The fourth-order valence-corrected chi connectivity index (χ4v) is 2.29. The van der Waals surface area contributed by atoms with E-state index in [1.54, 1.807) is 12.1 Å². The summed E-state index contributed by atoms with van der Waals surface area (Å²) in [5.41, 5.74) is 0.965. The van der Waals surface area contributed by atoms with Crippen molar-refractivity contribution in [1.29, 1.82) is 0 Å². The summed E-state index contributed by atoms with van der Waals surface area (Å²) in [5, 5.41) is 0. The smallest absolute Gasteiger partial charge is 0.303 e. The van der Waals surface area contributed by atoms with Crippen LogP contribution in [0.15, 0.2) is 18.2 Å². The van der Waals surface area contributed by atoms with Gasteiger partial charge in [-0.2, -0.15) is 0 Å². The van der Waals surface area contributed by atoms with Gasteiger partial charge < -0.3 is 9.47 Å². The minimum Gasteiger partial charge on any atom is -0.486 e. The van der Waals surface area contributed by atoms with Gasteiger partial charge >= 0.3 is 5.97 Å². The van der Waals surface area contributed by atoms with E-state index in [1.807, 2.05) is 19.9 Å². The summed E-state index contributed by atoms with van der Waals surface area (Å²) in [6.45, 7) is 6.59. The van der Waals surface area contributed by atoms with Crippen molar-refractivity contribution < 1.29 is 19.1 Å². The first-order chi connectivity index (χ1) is 8.79. The van der Waals surface area contributed by atoms with Crippen LogP contribution in [-0.2, 0) is 16.0 Å². The highest BCUT2D eigenvalue weighted by molar-refractivity contribution is 5.94. The average molecular weight is 262 g/mol. The quantitative estimate of drug-likeness (QED) is 0.620. The SMILES string of the molecule is CC(=O)OC(C)(C)[C@H]1Cc2cc(C(C)=O)ccc2O1. The normalized spacial score (nSPS) is 17.6. The molecule has 1 aliphatic rings. The molecular formula is C15H18O4. The van der Waals surface area contributed by atoms with Crippen LogP contribution in [0.4, 0.5) is 0 Å². The van der Waals surface area contributed by atoms with Gasteiger partial charge in [0.2, 0.25) is 0 Å². The predicted molar refractivity (Wildman–Crippen MR) is 70.4 cm³/mol. The fraction of sp³-hybridized carbons (Fsp3) is 0.467. The zero-order valence-electron chi connectivity index (χ0n) is 11.6. The summed E-state index contributed by atoms with van der Waals surface area (Å²) in [7, 11) is 0. The maximum Gasteiger partial charge on any atom is 0.303 e. The molecule has 1 aromatic carbocycles.